The number of carbonyl (C=O) groups excluding carboxylic acids is 1. The zero-order valence-electron chi connectivity index (χ0n) is 10.1. The molecule has 1 rings (SSSR count). The van der Waals surface area contributed by atoms with Gasteiger partial charge in [-0.2, -0.15) is 10.5 Å². The van der Waals surface area contributed by atoms with Gasteiger partial charge >= 0.3 is 0 Å². The number of Topliss-reactive ketones (excluding diaryl/α,β-unsaturated/α-hetero) is 1. The highest BCUT2D eigenvalue weighted by Crippen LogP contribution is 2.15. The van der Waals surface area contributed by atoms with Crippen molar-refractivity contribution in [3.05, 3.63) is 29.8 Å². The van der Waals surface area contributed by atoms with E-state index in [0.717, 1.165) is 4.90 Å². The van der Waals surface area contributed by atoms with Gasteiger partial charge in [-0.15, -0.1) is 11.8 Å². The number of thioether (sulfide) groups is 1. The normalized spacial score (nSPS) is 9.78. The van der Waals surface area contributed by atoms with Crippen LogP contribution in [0.2, 0.25) is 0 Å². The molecule has 0 aromatic heterocycles. The summed E-state index contributed by atoms with van der Waals surface area (Å²) in [7, 11) is 0. The Balaban J connectivity index is 2.68. The van der Waals surface area contributed by atoms with Crippen molar-refractivity contribution in [1.82, 2.24) is 4.90 Å². The third-order valence-electron chi connectivity index (χ3n) is 2.37. The first-order valence-electron chi connectivity index (χ1n) is 5.34. The molecule has 0 aliphatic rings. The van der Waals surface area contributed by atoms with E-state index in [1.54, 1.807) is 23.9 Å². The summed E-state index contributed by atoms with van der Waals surface area (Å²) in [6, 6.07) is 11.2. The SMILES string of the molecule is CSc1ccc(C(=O)CN(CC#N)CC#N)cc1. The quantitative estimate of drug-likeness (QED) is 0.443. The van der Waals surface area contributed by atoms with Gasteiger partial charge in [0.2, 0.25) is 0 Å². The third-order valence-corrected chi connectivity index (χ3v) is 3.11. The molecule has 0 bridgehead atoms. The maximum Gasteiger partial charge on any atom is 0.176 e. The molecule has 0 saturated heterocycles. The Morgan fingerprint density at radius 3 is 2.22 bits per heavy atom. The van der Waals surface area contributed by atoms with Crippen molar-refractivity contribution in [1.29, 1.82) is 10.5 Å². The molecule has 0 N–H and O–H groups in total. The van der Waals surface area contributed by atoms with Crippen LogP contribution in [-0.2, 0) is 0 Å². The summed E-state index contributed by atoms with van der Waals surface area (Å²) in [5.41, 5.74) is 0.605. The van der Waals surface area contributed by atoms with E-state index < -0.39 is 0 Å². The van der Waals surface area contributed by atoms with Crippen LogP contribution < -0.4 is 0 Å². The topological polar surface area (TPSA) is 67.9 Å². The first-order chi connectivity index (χ1) is 8.71. The molecule has 0 unspecified atom stereocenters. The van der Waals surface area contributed by atoms with Gasteiger partial charge in [-0.25, -0.2) is 0 Å². The Bertz CT molecular complexity index is 468. The van der Waals surface area contributed by atoms with Gasteiger partial charge in [0.1, 0.15) is 0 Å². The van der Waals surface area contributed by atoms with E-state index in [0.29, 0.717) is 5.56 Å². The van der Waals surface area contributed by atoms with Gasteiger partial charge in [0.25, 0.3) is 0 Å². The second-order valence-corrected chi connectivity index (χ2v) is 4.49. The lowest BCUT2D eigenvalue weighted by molar-refractivity contribution is 0.0946. The van der Waals surface area contributed by atoms with Gasteiger partial charge in [0.15, 0.2) is 5.78 Å². The van der Waals surface area contributed by atoms with E-state index in [1.165, 1.54) is 4.90 Å². The van der Waals surface area contributed by atoms with E-state index in [4.69, 9.17) is 10.5 Å². The maximum atomic E-state index is 11.9. The average Bonchev–Trinajstić information content (AvgIpc) is 2.39. The molecule has 5 heteroatoms. The lowest BCUT2D eigenvalue weighted by Gasteiger charge is -2.13. The molecular formula is C13H13N3OS. The van der Waals surface area contributed by atoms with E-state index in [2.05, 4.69) is 0 Å². The Labute approximate surface area is 111 Å². The van der Waals surface area contributed by atoms with Gasteiger partial charge in [0.05, 0.1) is 31.8 Å². The molecule has 0 aliphatic carbocycles. The van der Waals surface area contributed by atoms with Gasteiger partial charge in [-0.05, 0) is 18.4 Å². The van der Waals surface area contributed by atoms with Crippen LogP contribution in [0.5, 0.6) is 0 Å². The first-order valence-corrected chi connectivity index (χ1v) is 6.57. The number of benzene rings is 1. The van der Waals surface area contributed by atoms with Crippen molar-refractivity contribution in [3.8, 4) is 12.1 Å². The highest BCUT2D eigenvalue weighted by Gasteiger charge is 2.11. The Morgan fingerprint density at radius 2 is 1.78 bits per heavy atom. The summed E-state index contributed by atoms with van der Waals surface area (Å²) >= 11 is 1.61. The molecular weight excluding hydrogens is 246 g/mol. The molecule has 92 valence electrons. The zero-order valence-corrected chi connectivity index (χ0v) is 10.9. The third kappa shape index (κ3) is 4.21. The predicted molar refractivity (Wildman–Crippen MR) is 70.2 cm³/mol. The number of carbonyl (C=O) groups is 1. The van der Waals surface area contributed by atoms with E-state index in [9.17, 15) is 4.79 Å². The fourth-order valence-electron chi connectivity index (χ4n) is 1.44. The monoisotopic (exact) mass is 259 g/mol. The highest BCUT2D eigenvalue weighted by atomic mass is 32.2. The van der Waals surface area contributed by atoms with Gasteiger partial charge < -0.3 is 0 Å². The van der Waals surface area contributed by atoms with Crippen molar-refractivity contribution in [2.24, 2.45) is 0 Å². The zero-order chi connectivity index (χ0) is 13.4. The maximum absolute atomic E-state index is 11.9. The minimum absolute atomic E-state index is 0.0758. The Hall–Kier alpha value is -1.82. The Kier molecular flexibility index (Phi) is 5.93. The molecule has 4 nitrogen and oxygen atoms in total. The molecule has 1 aromatic rings. The van der Waals surface area contributed by atoms with Crippen LogP contribution in [0.4, 0.5) is 0 Å². The van der Waals surface area contributed by atoms with Gasteiger partial charge in [-0.1, -0.05) is 12.1 Å². The van der Waals surface area contributed by atoms with Crippen LogP contribution in [0.25, 0.3) is 0 Å². The lowest BCUT2D eigenvalue weighted by atomic mass is 10.1. The summed E-state index contributed by atoms with van der Waals surface area (Å²) < 4.78 is 0. The van der Waals surface area contributed by atoms with Crippen LogP contribution in [0.1, 0.15) is 10.4 Å². The summed E-state index contributed by atoms with van der Waals surface area (Å²) in [4.78, 5) is 14.6. The number of nitriles is 2. The van der Waals surface area contributed by atoms with Crippen molar-refractivity contribution >= 4 is 17.5 Å². The molecule has 0 heterocycles. The van der Waals surface area contributed by atoms with Gasteiger partial charge in [-0.3, -0.25) is 9.69 Å². The van der Waals surface area contributed by atoms with Crippen molar-refractivity contribution in [2.75, 3.05) is 25.9 Å². The van der Waals surface area contributed by atoms with Crippen LogP contribution in [-0.4, -0.2) is 36.6 Å². The van der Waals surface area contributed by atoms with Crippen molar-refractivity contribution in [3.63, 3.8) is 0 Å². The standard InChI is InChI=1S/C13H13N3OS/c1-18-12-4-2-11(3-5-12)13(17)10-16(8-6-14)9-7-15/h2-5H,8-10H2,1H3. The predicted octanol–water partition coefficient (Wildman–Crippen LogP) is 1.94. The number of ketones is 1. The van der Waals surface area contributed by atoms with Crippen LogP contribution in [0.3, 0.4) is 0 Å². The largest absolute Gasteiger partial charge is 0.293 e. The fraction of sp³-hybridized carbons (Fsp3) is 0.308. The number of hydrogen-bond acceptors (Lipinski definition) is 5. The molecule has 1 aromatic carbocycles. The van der Waals surface area contributed by atoms with Crippen LogP contribution in [0, 0.1) is 22.7 Å². The smallest absolute Gasteiger partial charge is 0.176 e. The second kappa shape index (κ2) is 7.50. The summed E-state index contributed by atoms with van der Waals surface area (Å²) in [5, 5.41) is 17.2. The minimum Gasteiger partial charge on any atom is -0.293 e. The highest BCUT2D eigenvalue weighted by molar-refractivity contribution is 7.98. The van der Waals surface area contributed by atoms with Crippen LogP contribution >= 0.6 is 11.8 Å². The van der Waals surface area contributed by atoms with E-state index >= 15 is 0 Å². The first kappa shape index (κ1) is 14.2. The van der Waals surface area contributed by atoms with E-state index in [-0.39, 0.29) is 25.4 Å². The summed E-state index contributed by atoms with van der Waals surface area (Å²) in [6.45, 7) is 0.268. The van der Waals surface area contributed by atoms with Crippen LogP contribution in [0.15, 0.2) is 29.2 Å². The van der Waals surface area contributed by atoms with E-state index in [1.807, 2.05) is 30.5 Å². The minimum atomic E-state index is -0.0758. The molecule has 0 spiro atoms. The average molecular weight is 259 g/mol. The fourth-order valence-corrected chi connectivity index (χ4v) is 1.85. The molecule has 18 heavy (non-hydrogen) atoms. The Morgan fingerprint density at radius 1 is 1.22 bits per heavy atom. The molecule has 0 amide bonds. The molecule has 0 saturated carbocycles. The van der Waals surface area contributed by atoms with Crippen molar-refractivity contribution in [2.45, 2.75) is 4.90 Å². The molecule has 0 fully saturated rings. The number of nitrogens with zero attached hydrogens (tertiary/aromatic N) is 3. The second-order valence-electron chi connectivity index (χ2n) is 3.61. The van der Waals surface area contributed by atoms with Gasteiger partial charge in [0, 0.05) is 10.5 Å². The molecule has 0 atom stereocenters. The van der Waals surface area contributed by atoms with Crippen molar-refractivity contribution < 1.29 is 4.79 Å². The summed E-state index contributed by atoms with van der Waals surface area (Å²) in [6.07, 6.45) is 1.97. The summed E-state index contributed by atoms with van der Waals surface area (Å²) in [5.74, 6) is -0.0758. The number of rotatable bonds is 6. The number of hydrogen-bond donors (Lipinski definition) is 0. The lowest BCUT2D eigenvalue weighted by Crippen LogP contribution is -2.30. The molecule has 0 aliphatic heterocycles. The molecule has 0 radical (unpaired) electrons.